The van der Waals surface area contributed by atoms with Crippen LogP contribution in [0.15, 0.2) is 0 Å². The first-order valence-electron chi connectivity index (χ1n) is 3.49. The lowest BCUT2D eigenvalue weighted by Crippen LogP contribution is -2.43. The minimum atomic E-state index is 0.760. The van der Waals surface area contributed by atoms with Crippen molar-refractivity contribution < 1.29 is 0 Å². The summed E-state index contributed by atoms with van der Waals surface area (Å²) >= 11 is 4.39. The van der Waals surface area contributed by atoms with Crippen molar-refractivity contribution in [3.05, 3.63) is 0 Å². The van der Waals surface area contributed by atoms with Gasteiger partial charge in [0.15, 0.2) is 0 Å². The van der Waals surface area contributed by atoms with E-state index in [0.717, 1.165) is 10.7 Å². The molecular weight excluding hydrogens is 116 g/mol. The molecule has 0 radical (unpaired) electrons. The molecular formula is C7H12S. The predicted octanol–water partition coefficient (Wildman–Crippen LogP) is 2.25. The Hall–Kier alpha value is 0.350. The third-order valence-electron chi connectivity index (χ3n) is 2.75. The molecule has 1 heteroatoms. The van der Waals surface area contributed by atoms with Crippen LogP contribution in [0.3, 0.4) is 0 Å². The van der Waals surface area contributed by atoms with Gasteiger partial charge in [0, 0.05) is 5.25 Å². The molecule has 0 aliphatic heterocycles. The van der Waals surface area contributed by atoms with Crippen LogP contribution in [0.2, 0.25) is 0 Å². The second-order valence-electron chi connectivity index (χ2n) is 3.42. The number of hydrogen-bond donors (Lipinski definition) is 1. The second kappa shape index (κ2) is 1.44. The van der Waals surface area contributed by atoms with E-state index in [1.165, 1.54) is 32.1 Å². The molecule has 0 amide bonds. The first-order chi connectivity index (χ1) is 3.81. The Morgan fingerprint density at radius 3 is 2.00 bits per heavy atom. The van der Waals surface area contributed by atoms with Crippen molar-refractivity contribution in [3.63, 3.8) is 0 Å². The van der Waals surface area contributed by atoms with Gasteiger partial charge in [-0.25, -0.2) is 0 Å². The van der Waals surface area contributed by atoms with Gasteiger partial charge in [0.2, 0.25) is 0 Å². The maximum absolute atomic E-state index is 4.39. The van der Waals surface area contributed by atoms with E-state index in [0.29, 0.717) is 0 Å². The van der Waals surface area contributed by atoms with E-state index in [4.69, 9.17) is 0 Å². The van der Waals surface area contributed by atoms with Crippen molar-refractivity contribution in [2.24, 2.45) is 5.41 Å². The average Bonchev–Trinajstić information content (AvgIpc) is 1.51. The molecule has 2 rings (SSSR count). The molecule has 0 saturated heterocycles. The lowest BCUT2D eigenvalue weighted by atomic mass is 9.56. The van der Waals surface area contributed by atoms with Crippen molar-refractivity contribution in [2.75, 3.05) is 0 Å². The van der Waals surface area contributed by atoms with Crippen molar-refractivity contribution in [1.82, 2.24) is 0 Å². The number of hydrogen-bond acceptors (Lipinski definition) is 1. The summed E-state index contributed by atoms with van der Waals surface area (Å²) in [5.74, 6) is 0. The zero-order chi connectivity index (χ0) is 5.61. The van der Waals surface area contributed by atoms with Crippen molar-refractivity contribution >= 4 is 12.6 Å². The molecule has 1 spiro atoms. The van der Waals surface area contributed by atoms with Gasteiger partial charge in [-0.1, -0.05) is 6.42 Å². The highest BCUT2D eigenvalue weighted by Gasteiger charge is 2.46. The third kappa shape index (κ3) is 0.540. The van der Waals surface area contributed by atoms with Crippen LogP contribution in [-0.2, 0) is 0 Å². The lowest BCUT2D eigenvalue weighted by Gasteiger charge is -2.52. The van der Waals surface area contributed by atoms with Crippen LogP contribution in [0, 0.1) is 5.41 Å². The van der Waals surface area contributed by atoms with E-state index in [9.17, 15) is 0 Å². The zero-order valence-corrected chi connectivity index (χ0v) is 5.95. The molecule has 0 N–H and O–H groups in total. The second-order valence-corrected chi connectivity index (χ2v) is 4.15. The fourth-order valence-corrected chi connectivity index (χ4v) is 2.80. The van der Waals surface area contributed by atoms with Crippen LogP contribution in [0.1, 0.15) is 32.1 Å². The number of rotatable bonds is 0. The molecule has 0 aromatic rings. The summed E-state index contributed by atoms with van der Waals surface area (Å²) in [5, 5.41) is 0.760. The first-order valence-corrected chi connectivity index (χ1v) is 4.01. The maximum Gasteiger partial charge on any atom is 0.00273 e. The van der Waals surface area contributed by atoms with Gasteiger partial charge in [-0.05, 0) is 31.1 Å². The highest BCUT2D eigenvalue weighted by Crippen LogP contribution is 2.57. The third-order valence-corrected chi connectivity index (χ3v) is 3.12. The van der Waals surface area contributed by atoms with Gasteiger partial charge < -0.3 is 0 Å². The summed E-state index contributed by atoms with van der Waals surface area (Å²) in [7, 11) is 0. The molecule has 2 aliphatic rings. The highest BCUT2D eigenvalue weighted by atomic mass is 32.1. The summed E-state index contributed by atoms with van der Waals surface area (Å²) in [4.78, 5) is 0. The summed E-state index contributed by atoms with van der Waals surface area (Å²) in [5.41, 5.74) is 0.840. The van der Waals surface area contributed by atoms with Crippen molar-refractivity contribution in [3.8, 4) is 0 Å². The molecule has 8 heavy (non-hydrogen) atoms. The van der Waals surface area contributed by atoms with Gasteiger partial charge in [0.25, 0.3) is 0 Å². The van der Waals surface area contributed by atoms with Gasteiger partial charge in [0.05, 0.1) is 0 Å². The monoisotopic (exact) mass is 128 g/mol. The van der Waals surface area contributed by atoms with Gasteiger partial charge >= 0.3 is 0 Å². The fourth-order valence-electron chi connectivity index (χ4n) is 2.02. The number of thiol groups is 1. The van der Waals surface area contributed by atoms with Crippen LogP contribution in [0.25, 0.3) is 0 Å². The summed E-state index contributed by atoms with van der Waals surface area (Å²) < 4.78 is 0. The van der Waals surface area contributed by atoms with Crippen LogP contribution in [-0.4, -0.2) is 5.25 Å². The molecule has 0 bridgehead atoms. The highest BCUT2D eigenvalue weighted by molar-refractivity contribution is 7.81. The minimum Gasteiger partial charge on any atom is -0.176 e. The Morgan fingerprint density at radius 1 is 1.25 bits per heavy atom. The minimum absolute atomic E-state index is 0.760. The Bertz CT molecular complexity index is 97.0. The SMILES string of the molecule is SC1CC2(CCC2)C1. The molecule has 2 saturated carbocycles. The van der Waals surface area contributed by atoms with Gasteiger partial charge in [0.1, 0.15) is 0 Å². The van der Waals surface area contributed by atoms with E-state index >= 15 is 0 Å². The molecule has 0 aromatic heterocycles. The average molecular weight is 128 g/mol. The normalized spacial score (nSPS) is 34.1. The first kappa shape index (κ1) is 5.16. The summed E-state index contributed by atoms with van der Waals surface area (Å²) in [6.07, 6.45) is 7.32. The molecule has 0 atom stereocenters. The molecule has 0 heterocycles. The quantitative estimate of drug-likeness (QED) is 0.475. The molecule has 46 valence electrons. The largest absolute Gasteiger partial charge is 0.176 e. The standard InChI is InChI=1S/C7H12S/c8-6-4-7(5-6)2-1-3-7/h6,8H,1-5H2. The van der Waals surface area contributed by atoms with E-state index in [2.05, 4.69) is 12.6 Å². The van der Waals surface area contributed by atoms with Crippen molar-refractivity contribution in [2.45, 2.75) is 37.4 Å². The molecule has 2 fully saturated rings. The maximum atomic E-state index is 4.39. The summed E-state index contributed by atoms with van der Waals surface area (Å²) in [6.45, 7) is 0. The Kier molecular flexibility index (Phi) is 0.928. The smallest absolute Gasteiger partial charge is 0.00273 e. The van der Waals surface area contributed by atoms with Crippen LogP contribution in [0.5, 0.6) is 0 Å². The van der Waals surface area contributed by atoms with E-state index in [1.807, 2.05) is 0 Å². The zero-order valence-electron chi connectivity index (χ0n) is 5.06. The molecule has 2 aliphatic carbocycles. The lowest BCUT2D eigenvalue weighted by molar-refractivity contribution is 0.0388. The van der Waals surface area contributed by atoms with E-state index in [1.54, 1.807) is 0 Å². The predicted molar refractivity (Wildman–Crippen MR) is 38.3 cm³/mol. The fraction of sp³-hybridized carbons (Fsp3) is 1.00. The van der Waals surface area contributed by atoms with Crippen LogP contribution < -0.4 is 0 Å². The van der Waals surface area contributed by atoms with E-state index < -0.39 is 0 Å². The van der Waals surface area contributed by atoms with Crippen molar-refractivity contribution in [1.29, 1.82) is 0 Å². The van der Waals surface area contributed by atoms with Crippen LogP contribution >= 0.6 is 12.6 Å². The molecule has 0 unspecified atom stereocenters. The van der Waals surface area contributed by atoms with Crippen LogP contribution in [0.4, 0.5) is 0 Å². The summed E-state index contributed by atoms with van der Waals surface area (Å²) in [6, 6.07) is 0. The molecule has 0 nitrogen and oxygen atoms in total. The van der Waals surface area contributed by atoms with Gasteiger partial charge in [-0.2, -0.15) is 12.6 Å². The van der Waals surface area contributed by atoms with Gasteiger partial charge in [-0.3, -0.25) is 0 Å². The Morgan fingerprint density at radius 2 is 1.88 bits per heavy atom. The Balaban J connectivity index is 1.92. The van der Waals surface area contributed by atoms with E-state index in [-0.39, 0.29) is 0 Å². The Labute approximate surface area is 56.1 Å². The topological polar surface area (TPSA) is 0 Å². The molecule has 0 aromatic carbocycles. The van der Waals surface area contributed by atoms with Gasteiger partial charge in [-0.15, -0.1) is 0 Å².